The number of morpholine rings is 1. The molecule has 20 heavy (non-hydrogen) atoms. The van der Waals surface area contributed by atoms with E-state index < -0.39 is 5.82 Å². The highest BCUT2D eigenvalue weighted by Crippen LogP contribution is 2.29. The van der Waals surface area contributed by atoms with Gasteiger partial charge in [0.15, 0.2) is 0 Å². The van der Waals surface area contributed by atoms with Crippen LogP contribution in [0.15, 0.2) is 22.7 Å². The predicted octanol–water partition coefficient (Wildman–Crippen LogP) is 1.46. The summed E-state index contributed by atoms with van der Waals surface area (Å²) >= 11 is 0. The van der Waals surface area contributed by atoms with Crippen molar-refractivity contribution in [2.75, 3.05) is 32.5 Å². The molecule has 0 bridgehead atoms. The Morgan fingerprint density at radius 1 is 1.45 bits per heavy atom. The standard InChI is InChI=1S/C13H15FN4O2/c1-18-5-6-19-10(7-18)12-16-13(20-17-12)11-8(14)3-2-4-9(11)15/h2-4,10H,5-7,15H2,1H3. The molecule has 1 atom stereocenters. The van der Waals surface area contributed by atoms with Crippen molar-refractivity contribution < 1.29 is 13.7 Å². The van der Waals surface area contributed by atoms with Gasteiger partial charge in [0, 0.05) is 18.8 Å². The smallest absolute Gasteiger partial charge is 0.263 e. The molecule has 7 heteroatoms. The minimum absolute atomic E-state index is 0.0763. The Morgan fingerprint density at radius 2 is 2.30 bits per heavy atom. The maximum absolute atomic E-state index is 13.8. The number of ether oxygens (including phenoxy) is 1. The summed E-state index contributed by atoms with van der Waals surface area (Å²) in [4.78, 5) is 6.32. The second-order valence-electron chi connectivity index (χ2n) is 4.78. The molecule has 2 N–H and O–H groups in total. The molecule has 1 saturated heterocycles. The number of anilines is 1. The van der Waals surface area contributed by atoms with Gasteiger partial charge in [-0.1, -0.05) is 11.2 Å². The molecule has 2 heterocycles. The van der Waals surface area contributed by atoms with Gasteiger partial charge in [0.1, 0.15) is 11.9 Å². The summed E-state index contributed by atoms with van der Waals surface area (Å²) in [6.07, 6.45) is -0.265. The van der Waals surface area contributed by atoms with Crippen molar-refractivity contribution in [3.05, 3.63) is 29.8 Å². The Morgan fingerprint density at radius 3 is 3.05 bits per heavy atom. The Kier molecular flexibility index (Phi) is 3.37. The number of aromatic nitrogens is 2. The number of halogens is 1. The van der Waals surface area contributed by atoms with Crippen LogP contribution in [0.5, 0.6) is 0 Å². The summed E-state index contributed by atoms with van der Waals surface area (Å²) in [6.45, 7) is 2.14. The van der Waals surface area contributed by atoms with Crippen LogP contribution in [0, 0.1) is 5.82 Å². The molecule has 0 radical (unpaired) electrons. The average molecular weight is 278 g/mol. The second kappa shape index (κ2) is 5.18. The van der Waals surface area contributed by atoms with E-state index in [0.29, 0.717) is 19.0 Å². The molecule has 0 amide bonds. The Bertz CT molecular complexity index is 596. The lowest BCUT2D eigenvalue weighted by Gasteiger charge is -2.27. The molecule has 1 aliphatic rings. The van der Waals surface area contributed by atoms with Crippen molar-refractivity contribution in [2.45, 2.75) is 6.10 Å². The third-order valence-corrected chi connectivity index (χ3v) is 3.26. The van der Waals surface area contributed by atoms with Gasteiger partial charge in [-0.3, -0.25) is 0 Å². The normalized spacial score (nSPS) is 20.2. The van der Waals surface area contributed by atoms with Gasteiger partial charge in [-0.05, 0) is 19.2 Å². The third-order valence-electron chi connectivity index (χ3n) is 3.26. The maximum Gasteiger partial charge on any atom is 0.263 e. The van der Waals surface area contributed by atoms with Crippen molar-refractivity contribution in [3.63, 3.8) is 0 Å². The first kappa shape index (κ1) is 13.0. The number of rotatable bonds is 2. The number of benzene rings is 1. The summed E-state index contributed by atoms with van der Waals surface area (Å²) in [5, 5.41) is 3.87. The molecular weight excluding hydrogens is 263 g/mol. The molecule has 1 aromatic heterocycles. The monoisotopic (exact) mass is 278 g/mol. The first-order chi connectivity index (χ1) is 9.65. The van der Waals surface area contributed by atoms with Crippen molar-refractivity contribution in [1.29, 1.82) is 0 Å². The van der Waals surface area contributed by atoms with E-state index in [4.69, 9.17) is 15.0 Å². The lowest BCUT2D eigenvalue weighted by Crippen LogP contribution is -2.35. The summed E-state index contributed by atoms with van der Waals surface area (Å²) in [5.41, 5.74) is 6.16. The molecule has 1 fully saturated rings. The van der Waals surface area contributed by atoms with Crippen molar-refractivity contribution in [2.24, 2.45) is 0 Å². The van der Waals surface area contributed by atoms with E-state index in [1.54, 1.807) is 6.07 Å². The second-order valence-corrected chi connectivity index (χ2v) is 4.78. The van der Waals surface area contributed by atoms with Crippen LogP contribution < -0.4 is 5.73 Å². The summed E-state index contributed by atoms with van der Waals surface area (Å²) in [5.74, 6) is 0.00325. The average Bonchev–Trinajstić information content (AvgIpc) is 2.88. The van der Waals surface area contributed by atoms with E-state index in [9.17, 15) is 4.39 Å². The fraction of sp³-hybridized carbons (Fsp3) is 0.385. The first-order valence-corrected chi connectivity index (χ1v) is 6.33. The largest absolute Gasteiger partial charge is 0.398 e. The van der Waals surface area contributed by atoms with Crippen molar-refractivity contribution in [1.82, 2.24) is 15.0 Å². The molecule has 1 aliphatic heterocycles. The van der Waals surface area contributed by atoms with Gasteiger partial charge in [0.2, 0.25) is 5.82 Å². The number of hydrogen-bond donors (Lipinski definition) is 1. The third kappa shape index (κ3) is 2.37. The molecule has 106 valence electrons. The van der Waals surface area contributed by atoms with Crippen LogP contribution in [0.25, 0.3) is 11.5 Å². The minimum Gasteiger partial charge on any atom is -0.398 e. The van der Waals surface area contributed by atoms with E-state index >= 15 is 0 Å². The minimum atomic E-state index is -0.484. The van der Waals surface area contributed by atoms with E-state index in [-0.39, 0.29) is 23.2 Å². The van der Waals surface area contributed by atoms with Crippen molar-refractivity contribution in [3.8, 4) is 11.5 Å². The first-order valence-electron chi connectivity index (χ1n) is 6.33. The van der Waals surface area contributed by atoms with Crippen LogP contribution in [0.4, 0.5) is 10.1 Å². The molecule has 1 unspecified atom stereocenters. The zero-order valence-electron chi connectivity index (χ0n) is 11.0. The molecule has 0 saturated carbocycles. The van der Waals surface area contributed by atoms with Gasteiger partial charge in [-0.2, -0.15) is 4.98 Å². The highest BCUT2D eigenvalue weighted by atomic mass is 19.1. The fourth-order valence-corrected chi connectivity index (χ4v) is 2.17. The molecule has 1 aromatic carbocycles. The number of nitrogens with two attached hydrogens (primary N) is 1. The SMILES string of the molecule is CN1CCOC(c2noc(-c3c(N)cccc3F)n2)C1. The van der Waals surface area contributed by atoms with Crippen LogP contribution in [-0.4, -0.2) is 41.8 Å². The van der Waals surface area contributed by atoms with Gasteiger partial charge in [-0.15, -0.1) is 0 Å². The number of likely N-dealkylation sites (N-methyl/N-ethyl adjacent to an activating group) is 1. The van der Waals surface area contributed by atoms with E-state index in [1.165, 1.54) is 12.1 Å². The fourth-order valence-electron chi connectivity index (χ4n) is 2.17. The van der Waals surface area contributed by atoms with Crippen LogP contribution in [0.2, 0.25) is 0 Å². The van der Waals surface area contributed by atoms with Gasteiger partial charge in [0.05, 0.1) is 12.2 Å². The molecule has 0 spiro atoms. The Labute approximate surface area is 115 Å². The molecule has 3 rings (SSSR count). The highest BCUT2D eigenvalue weighted by Gasteiger charge is 2.25. The molecule has 0 aliphatic carbocycles. The molecular formula is C13H15FN4O2. The quantitative estimate of drug-likeness (QED) is 0.838. The lowest BCUT2D eigenvalue weighted by molar-refractivity contribution is -0.0264. The highest BCUT2D eigenvalue weighted by molar-refractivity contribution is 5.70. The maximum atomic E-state index is 13.8. The predicted molar refractivity (Wildman–Crippen MR) is 70.3 cm³/mol. The topological polar surface area (TPSA) is 77.4 Å². The van der Waals surface area contributed by atoms with Crippen LogP contribution >= 0.6 is 0 Å². The van der Waals surface area contributed by atoms with E-state index in [2.05, 4.69) is 15.0 Å². The zero-order chi connectivity index (χ0) is 14.1. The van der Waals surface area contributed by atoms with E-state index in [0.717, 1.165) is 6.54 Å². The van der Waals surface area contributed by atoms with Crippen molar-refractivity contribution >= 4 is 5.69 Å². The van der Waals surface area contributed by atoms with Gasteiger partial charge in [-0.25, -0.2) is 4.39 Å². The van der Waals surface area contributed by atoms with Crippen LogP contribution in [-0.2, 0) is 4.74 Å². The van der Waals surface area contributed by atoms with E-state index in [1.807, 2.05) is 7.05 Å². The van der Waals surface area contributed by atoms with Gasteiger partial charge < -0.3 is 19.9 Å². The van der Waals surface area contributed by atoms with Gasteiger partial charge >= 0.3 is 0 Å². The lowest BCUT2D eigenvalue weighted by atomic mass is 10.1. The molecule has 2 aromatic rings. The van der Waals surface area contributed by atoms with Crippen LogP contribution in [0.1, 0.15) is 11.9 Å². The zero-order valence-corrected chi connectivity index (χ0v) is 11.0. The summed E-state index contributed by atoms with van der Waals surface area (Å²) < 4.78 is 24.5. The number of hydrogen-bond acceptors (Lipinski definition) is 6. The van der Waals surface area contributed by atoms with Crippen LogP contribution in [0.3, 0.4) is 0 Å². The van der Waals surface area contributed by atoms with Gasteiger partial charge in [0.25, 0.3) is 5.89 Å². The number of nitrogen functional groups attached to an aromatic ring is 1. The summed E-state index contributed by atoms with van der Waals surface area (Å²) in [6, 6.07) is 4.43. The molecule has 6 nitrogen and oxygen atoms in total. The number of nitrogens with zero attached hydrogens (tertiary/aromatic N) is 3. The Hall–Kier alpha value is -1.99. The Balaban J connectivity index is 1.90. The summed E-state index contributed by atoms with van der Waals surface area (Å²) in [7, 11) is 1.99.